The van der Waals surface area contributed by atoms with Gasteiger partial charge in [-0.05, 0) is 32.6 Å². The molecule has 1 aromatic rings. The molecule has 0 aromatic carbocycles. The van der Waals surface area contributed by atoms with E-state index in [-0.39, 0.29) is 18.1 Å². The van der Waals surface area contributed by atoms with Crippen LogP contribution in [0.4, 0.5) is 0 Å². The summed E-state index contributed by atoms with van der Waals surface area (Å²) < 4.78 is 10.9. The lowest BCUT2D eigenvalue weighted by atomic mass is 9.82. The Kier molecular flexibility index (Phi) is 5.39. The van der Waals surface area contributed by atoms with Crippen molar-refractivity contribution < 1.29 is 14.6 Å². The van der Waals surface area contributed by atoms with Gasteiger partial charge in [0.05, 0.1) is 17.9 Å². The minimum Gasteiger partial charge on any atom is -0.388 e. The monoisotopic (exact) mass is 322 g/mol. The summed E-state index contributed by atoms with van der Waals surface area (Å²) in [7, 11) is 3.31. The lowest BCUT2D eigenvalue weighted by molar-refractivity contribution is -0.118. The highest BCUT2D eigenvalue weighted by Crippen LogP contribution is 2.38. The third kappa shape index (κ3) is 3.47. The Morgan fingerprint density at radius 1 is 1.00 bits per heavy atom. The molecule has 2 atom stereocenters. The summed E-state index contributed by atoms with van der Waals surface area (Å²) in [6.45, 7) is 2.11. The fourth-order valence-electron chi connectivity index (χ4n) is 4.35. The predicted octanol–water partition coefficient (Wildman–Crippen LogP) is 3.03. The van der Waals surface area contributed by atoms with Gasteiger partial charge in [0.15, 0.2) is 0 Å². The molecule has 0 aliphatic heterocycles. The van der Waals surface area contributed by atoms with Crippen LogP contribution < -0.4 is 0 Å². The van der Waals surface area contributed by atoms with E-state index in [1.54, 1.807) is 14.2 Å². The van der Waals surface area contributed by atoms with Crippen LogP contribution in [0.3, 0.4) is 0 Å². The molecule has 5 nitrogen and oxygen atoms in total. The van der Waals surface area contributed by atoms with Gasteiger partial charge in [-0.2, -0.15) is 0 Å². The normalized spacial score (nSPS) is 33.0. The van der Waals surface area contributed by atoms with Gasteiger partial charge in [0.25, 0.3) is 0 Å². The van der Waals surface area contributed by atoms with Crippen LogP contribution in [0.25, 0.3) is 0 Å². The van der Waals surface area contributed by atoms with Crippen LogP contribution in [0.15, 0.2) is 0 Å². The van der Waals surface area contributed by atoms with E-state index in [2.05, 4.69) is 11.9 Å². The molecule has 0 bridgehead atoms. The zero-order valence-corrected chi connectivity index (χ0v) is 14.5. The minimum absolute atomic E-state index is 0.192. The lowest BCUT2D eigenvalue weighted by Gasteiger charge is -2.37. The van der Waals surface area contributed by atoms with Gasteiger partial charge in [-0.1, -0.05) is 19.3 Å². The highest BCUT2D eigenvalue weighted by molar-refractivity contribution is 5.21. The first-order valence-electron chi connectivity index (χ1n) is 8.94. The van der Waals surface area contributed by atoms with Gasteiger partial charge in [0.2, 0.25) is 0 Å². The number of nitrogens with zero attached hydrogens (tertiary/aromatic N) is 1. The second-order valence-electron chi connectivity index (χ2n) is 7.16. The van der Waals surface area contributed by atoms with Crippen molar-refractivity contribution in [1.29, 1.82) is 0 Å². The average molecular weight is 322 g/mol. The number of aromatic nitrogens is 2. The molecule has 2 saturated carbocycles. The summed E-state index contributed by atoms with van der Waals surface area (Å²) in [4.78, 5) is 8.44. The first kappa shape index (κ1) is 16.9. The van der Waals surface area contributed by atoms with Crippen LogP contribution >= 0.6 is 0 Å². The highest BCUT2D eigenvalue weighted by atomic mass is 16.5. The molecule has 130 valence electrons. The number of aliphatic hydroxyl groups excluding tert-OH is 1. The lowest BCUT2D eigenvalue weighted by Crippen LogP contribution is -2.45. The highest BCUT2D eigenvalue weighted by Gasteiger charge is 2.39. The van der Waals surface area contributed by atoms with Crippen LogP contribution in [0, 0.1) is 6.92 Å². The zero-order chi connectivity index (χ0) is 16.4. The van der Waals surface area contributed by atoms with Crippen LogP contribution in [-0.2, 0) is 9.47 Å². The number of ether oxygens (including phenoxy) is 2. The Bertz CT molecular complexity index is 496. The summed E-state index contributed by atoms with van der Waals surface area (Å²) in [5.74, 6) is 1.93. The molecule has 2 N–H and O–H groups in total. The molecular formula is C18H30N2O3. The van der Waals surface area contributed by atoms with E-state index in [4.69, 9.17) is 14.5 Å². The Labute approximate surface area is 138 Å². The van der Waals surface area contributed by atoms with Gasteiger partial charge in [-0.15, -0.1) is 0 Å². The molecule has 1 heterocycles. The van der Waals surface area contributed by atoms with Gasteiger partial charge in [-0.25, -0.2) is 4.98 Å². The maximum absolute atomic E-state index is 10.3. The van der Waals surface area contributed by atoms with Gasteiger partial charge >= 0.3 is 0 Å². The van der Waals surface area contributed by atoms with Crippen molar-refractivity contribution in [3.63, 3.8) is 0 Å². The Balaban J connectivity index is 1.78. The number of aryl methyl sites for hydroxylation is 1. The average Bonchev–Trinajstić information content (AvgIpc) is 2.97. The molecule has 0 saturated heterocycles. The van der Waals surface area contributed by atoms with E-state index in [0.29, 0.717) is 5.92 Å². The third-order valence-electron chi connectivity index (χ3n) is 5.74. The van der Waals surface area contributed by atoms with Gasteiger partial charge in [0.1, 0.15) is 11.9 Å². The number of hydrogen-bond donors (Lipinski definition) is 2. The number of rotatable bonds is 4. The third-order valence-corrected chi connectivity index (χ3v) is 5.74. The second-order valence-corrected chi connectivity index (χ2v) is 7.16. The topological polar surface area (TPSA) is 67.4 Å². The quantitative estimate of drug-likeness (QED) is 0.894. The van der Waals surface area contributed by atoms with Crippen LogP contribution in [0.5, 0.6) is 0 Å². The fraction of sp³-hybridized carbons (Fsp3) is 0.833. The summed E-state index contributed by atoms with van der Waals surface area (Å²) in [5.41, 5.74) is 2.47. The molecular weight excluding hydrogens is 292 g/mol. The molecule has 0 amide bonds. The number of nitrogens with one attached hydrogen (secondary N) is 1. The summed E-state index contributed by atoms with van der Waals surface area (Å²) >= 11 is 0. The maximum atomic E-state index is 10.3. The largest absolute Gasteiger partial charge is 0.388 e. The van der Waals surface area contributed by atoms with Crippen molar-refractivity contribution in [3.05, 3.63) is 17.2 Å². The number of H-pyrrole nitrogens is 1. The van der Waals surface area contributed by atoms with Crippen molar-refractivity contribution in [2.24, 2.45) is 0 Å². The van der Waals surface area contributed by atoms with E-state index >= 15 is 0 Å². The van der Waals surface area contributed by atoms with Crippen molar-refractivity contribution in [2.75, 3.05) is 14.2 Å². The molecule has 1 aromatic heterocycles. The SMILES string of the molecule is COC1CC(c2nc(C)c(C3CCCCC3)[nH]2)CC(OC)C1O. The standard InChI is InChI=1S/C18H30N2O3/c1-11-16(12-7-5-4-6-8-12)20-18(19-11)13-9-14(22-2)17(21)15(10-13)23-3/h12-15,17,21H,4-10H2,1-3H3,(H,19,20). The van der Waals surface area contributed by atoms with E-state index in [9.17, 15) is 5.11 Å². The van der Waals surface area contributed by atoms with E-state index in [1.807, 2.05) is 0 Å². The molecule has 2 unspecified atom stereocenters. The summed E-state index contributed by atoms with van der Waals surface area (Å²) in [6.07, 6.45) is 7.18. The van der Waals surface area contributed by atoms with Gasteiger partial charge < -0.3 is 19.6 Å². The fourth-order valence-corrected chi connectivity index (χ4v) is 4.35. The number of hydrogen-bond acceptors (Lipinski definition) is 4. The smallest absolute Gasteiger partial charge is 0.109 e. The van der Waals surface area contributed by atoms with Crippen molar-refractivity contribution >= 4 is 0 Å². The molecule has 2 fully saturated rings. The maximum Gasteiger partial charge on any atom is 0.109 e. The van der Waals surface area contributed by atoms with E-state index < -0.39 is 6.10 Å². The van der Waals surface area contributed by atoms with Crippen LogP contribution in [0.1, 0.15) is 74.0 Å². The number of aliphatic hydroxyl groups is 1. The predicted molar refractivity (Wildman–Crippen MR) is 88.7 cm³/mol. The number of methoxy groups -OCH3 is 2. The minimum atomic E-state index is -0.560. The zero-order valence-electron chi connectivity index (χ0n) is 14.5. The molecule has 3 rings (SSSR count). The first-order chi connectivity index (χ1) is 11.1. The van der Waals surface area contributed by atoms with Crippen LogP contribution in [-0.4, -0.2) is 47.6 Å². The molecule has 2 aliphatic rings. The number of aromatic amines is 1. The summed E-state index contributed by atoms with van der Waals surface area (Å²) in [5, 5.41) is 10.3. The molecule has 23 heavy (non-hydrogen) atoms. The Morgan fingerprint density at radius 3 is 2.17 bits per heavy atom. The van der Waals surface area contributed by atoms with E-state index in [0.717, 1.165) is 24.4 Å². The van der Waals surface area contributed by atoms with Crippen molar-refractivity contribution in [3.8, 4) is 0 Å². The first-order valence-corrected chi connectivity index (χ1v) is 8.94. The van der Waals surface area contributed by atoms with Crippen molar-refractivity contribution in [2.45, 2.75) is 82.0 Å². The molecule has 0 radical (unpaired) electrons. The number of imidazole rings is 1. The summed E-state index contributed by atoms with van der Waals surface area (Å²) in [6, 6.07) is 0. The Morgan fingerprint density at radius 2 is 1.61 bits per heavy atom. The molecule has 0 spiro atoms. The Hall–Kier alpha value is -0.910. The van der Waals surface area contributed by atoms with Crippen LogP contribution in [0.2, 0.25) is 0 Å². The second kappa shape index (κ2) is 7.32. The van der Waals surface area contributed by atoms with Gasteiger partial charge in [0, 0.05) is 31.7 Å². The van der Waals surface area contributed by atoms with E-state index in [1.165, 1.54) is 37.8 Å². The van der Waals surface area contributed by atoms with Crippen molar-refractivity contribution in [1.82, 2.24) is 9.97 Å². The van der Waals surface area contributed by atoms with Gasteiger partial charge in [-0.3, -0.25) is 0 Å². The molecule has 5 heteroatoms. The molecule has 2 aliphatic carbocycles.